The van der Waals surface area contributed by atoms with E-state index in [2.05, 4.69) is 55.4 Å². The first-order chi connectivity index (χ1) is 29.2. The Morgan fingerprint density at radius 2 is 0.290 bits per heavy atom. The molecule has 0 heterocycles. The van der Waals surface area contributed by atoms with Crippen molar-refractivity contribution in [3.63, 3.8) is 0 Å². The summed E-state index contributed by atoms with van der Waals surface area (Å²) >= 11 is 0. The Kier molecular flexibility index (Phi) is 90.0. The monoisotopic (exact) mass is 885 g/mol. The summed E-state index contributed by atoms with van der Waals surface area (Å²) in [5.74, 6) is 2.46. The van der Waals surface area contributed by atoms with Crippen molar-refractivity contribution in [3.8, 4) is 0 Å². The molecule has 0 radical (unpaired) electrons. The zero-order valence-corrected chi connectivity index (χ0v) is 44.5. The van der Waals surface area contributed by atoms with E-state index in [1.807, 2.05) is 0 Å². The molecule has 0 saturated heterocycles. The standard InChI is InChI=1S/8C6H12O.C6H12/c8*1-3-4-5-6(2)7;1-2-4-6-5-3-1/h8*3-5H2,1-2H3;1-6H2. The molecule has 1 aliphatic rings. The Balaban J connectivity index is -0.0000000882. The van der Waals surface area contributed by atoms with Crippen molar-refractivity contribution in [3.05, 3.63) is 0 Å². The molecule has 62 heavy (non-hydrogen) atoms. The minimum absolute atomic E-state index is 0.307. The minimum Gasteiger partial charge on any atom is -0.300 e. The lowest BCUT2D eigenvalue weighted by molar-refractivity contribution is -0.117. The molecular weight excluding hydrogens is 777 g/mol. The average Bonchev–Trinajstić information content (AvgIpc) is 3.22. The van der Waals surface area contributed by atoms with Crippen LogP contribution in [0.5, 0.6) is 0 Å². The highest BCUT2D eigenvalue weighted by Gasteiger charge is 1.96. The second-order valence-corrected chi connectivity index (χ2v) is 16.6. The summed E-state index contributed by atoms with van der Waals surface area (Å²) < 4.78 is 0. The van der Waals surface area contributed by atoms with Crippen molar-refractivity contribution in [2.24, 2.45) is 0 Å². The zero-order chi connectivity index (χ0) is 49.8. The molecule has 372 valence electrons. The van der Waals surface area contributed by atoms with Gasteiger partial charge in [0.05, 0.1) is 0 Å². The van der Waals surface area contributed by atoms with Crippen LogP contribution in [0.2, 0.25) is 0 Å². The molecule has 0 aromatic carbocycles. The van der Waals surface area contributed by atoms with Crippen molar-refractivity contribution in [1.29, 1.82) is 0 Å². The van der Waals surface area contributed by atoms with Gasteiger partial charge in [0.25, 0.3) is 0 Å². The van der Waals surface area contributed by atoms with Crippen LogP contribution in [0.4, 0.5) is 0 Å². The van der Waals surface area contributed by atoms with Crippen LogP contribution in [0.3, 0.4) is 0 Å². The summed E-state index contributed by atoms with van der Waals surface area (Å²) in [6.45, 7) is 29.8. The summed E-state index contributed by atoms with van der Waals surface area (Å²) in [7, 11) is 0. The van der Waals surface area contributed by atoms with Crippen molar-refractivity contribution < 1.29 is 38.4 Å². The van der Waals surface area contributed by atoms with Crippen LogP contribution in [0, 0.1) is 0 Å². The Morgan fingerprint density at radius 1 is 0.210 bits per heavy atom. The van der Waals surface area contributed by atoms with Crippen LogP contribution in [0.15, 0.2) is 0 Å². The lowest BCUT2D eigenvalue weighted by Gasteiger charge is -2.05. The quantitative estimate of drug-likeness (QED) is 0.0934. The van der Waals surface area contributed by atoms with Crippen LogP contribution in [0.1, 0.15) is 303 Å². The largest absolute Gasteiger partial charge is 0.300 e. The molecule has 0 aromatic rings. The normalized spacial score (nSPS) is 10.3. The molecule has 1 fully saturated rings. The van der Waals surface area contributed by atoms with E-state index in [1.165, 1.54) is 38.5 Å². The smallest absolute Gasteiger partial charge is 0.129 e. The fraction of sp³-hybridized carbons (Fsp3) is 0.852. The molecule has 0 spiro atoms. The first kappa shape index (κ1) is 76.6. The molecule has 0 amide bonds. The van der Waals surface area contributed by atoms with Crippen LogP contribution >= 0.6 is 0 Å². The molecule has 0 aromatic heterocycles. The van der Waals surface area contributed by atoms with E-state index in [9.17, 15) is 38.4 Å². The third-order valence-corrected chi connectivity index (χ3v) is 8.56. The maximum absolute atomic E-state index is 10.2. The van der Waals surface area contributed by atoms with E-state index in [4.69, 9.17) is 0 Å². The van der Waals surface area contributed by atoms with Crippen LogP contribution < -0.4 is 0 Å². The Hall–Kier alpha value is -2.64. The van der Waals surface area contributed by atoms with Crippen molar-refractivity contribution in [2.75, 3.05) is 0 Å². The lowest BCUT2D eigenvalue weighted by Crippen LogP contribution is -1.86. The van der Waals surface area contributed by atoms with E-state index in [0.717, 1.165) is 154 Å². The van der Waals surface area contributed by atoms with E-state index in [1.54, 1.807) is 55.4 Å². The first-order valence-corrected chi connectivity index (χ1v) is 25.1. The van der Waals surface area contributed by atoms with Gasteiger partial charge in [-0.3, -0.25) is 0 Å². The number of hydrogen-bond acceptors (Lipinski definition) is 8. The van der Waals surface area contributed by atoms with Gasteiger partial charge in [-0.2, -0.15) is 0 Å². The molecule has 8 heteroatoms. The number of Topliss-reactive ketones (excluding diaryl/α,β-unsaturated/α-hetero) is 8. The van der Waals surface area contributed by atoms with Gasteiger partial charge in [-0.15, -0.1) is 0 Å². The van der Waals surface area contributed by atoms with Crippen molar-refractivity contribution in [2.45, 2.75) is 303 Å². The van der Waals surface area contributed by atoms with Gasteiger partial charge in [-0.05, 0) is 107 Å². The highest BCUT2D eigenvalue weighted by atomic mass is 16.1. The molecule has 1 rings (SSSR count). The summed E-state index contributed by atoms with van der Waals surface area (Å²) in [4.78, 5) is 81.6. The van der Waals surface area contributed by atoms with Crippen LogP contribution in [-0.4, -0.2) is 46.3 Å². The molecular formula is C54H108O8. The van der Waals surface area contributed by atoms with Gasteiger partial charge in [0.2, 0.25) is 0 Å². The van der Waals surface area contributed by atoms with Gasteiger partial charge in [0.1, 0.15) is 46.3 Å². The molecule has 0 aliphatic heterocycles. The predicted molar refractivity (Wildman–Crippen MR) is 269 cm³/mol. The molecule has 0 unspecified atom stereocenters. The van der Waals surface area contributed by atoms with Gasteiger partial charge >= 0.3 is 0 Å². The second-order valence-electron chi connectivity index (χ2n) is 16.6. The van der Waals surface area contributed by atoms with E-state index < -0.39 is 0 Å². The molecule has 8 nitrogen and oxygen atoms in total. The first-order valence-electron chi connectivity index (χ1n) is 25.1. The maximum Gasteiger partial charge on any atom is 0.129 e. The van der Waals surface area contributed by atoms with Gasteiger partial charge in [-0.25, -0.2) is 0 Å². The van der Waals surface area contributed by atoms with E-state index >= 15 is 0 Å². The van der Waals surface area contributed by atoms with E-state index in [0.29, 0.717) is 46.3 Å². The molecule has 0 bridgehead atoms. The highest BCUT2D eigenvalue weighted by molar-refractivity contribution is 5.77. The molecule has 1 aliphatic carbocycles. The number of hydrogen-bond donors (Lipinski definition) is 0. The number of carbonyl (C=O) groups is 8. The number of carbonyl (C=O) groups excluding carboxylic acids is 8. The third kappa shape index (κ3) is 146. The van der Waals surface area contributed by atoms with Gasteiger partial charge in [0, 0.05) is 51.4 Å². The van der Waals surface area contributed by atoms with Gasteiger partial charge in [0.15, 0.2) is 0 Å². The molecule has 1 saturated carbocycles. The highest BCUT2D eigenvalue weighted by Crippen LogP contribution is 2.15. The van der Waals surface area contributed by atoms with Gasteiger partial charge < -0.3 is 38.4 Å². The number of ketones is 8. The topological polar surface area (TPSA) is 137 Å². The Labute approximate surface area is 386 Å². The summed E-state index contributed by atoms with van der Waals surface area (Å²) in [5.41, 5.74) is 0. The zero-order valence-electron chi connectivity index (χ0n) is 44.5. The van der Waals surface area contributed by atoms with Crippen LogP contribution in [0.25, 0.3) is 0 Å². The molecule has 0 N–H and O–H groups in total. The van der Waals surface area contributed by atoms with E-state index in [-0.39, 0.29) is 0 Å². The Bertz CT molecular complexity index is 751. The Morgan fingerprint density at radius 3 is 0.323 bits per heavy atom. The summed E-state index contributed by atoms with van der Waals surface area (Å²) in [6.07, 6.45) is 32.5. The number of unbranched alkanes of at least 4 members (excludes halogenated alkanes) is 8. The van der Waals surface area contributed by atoms with Gasteiger partial charge in [-0.1, -0.05) is 145 Å². The minimum atomic E-state index is 0.307. The third-order valence-electron chi connectivity index (χ3n) is 8.56. The fourth-order valence-corrected chi connectivity index (χ4v) is 4.47. The lowest BCUT2D eigenvalue weighted by atomic mass is 10.0. The number of rotatable bonds is 24. The summed E-state index contributed by atoms with van der Waals surface area (Å²) in [5, 5.41) is 0. The summed E-state index contributed by atoms with van der Waals surface area (Å²) in [6, 6.07) is 0. The fourth-order valence-electron chi connectivity index (χ4n) is 4.47. The second kappa shape index (κ2) is 72.8. The maximum atomic E-state index is 10.2. The predicted octanol–water partition coefficient (Wildman–Crippen LogP) is 16.5. The van der Waals surface area contributed by atoms with Crippen molar-refractivity contribution in [1.82, 2.24) is 0 Å². The SMILES string of the molecule is C1CCCCC1.CCCCC(C)=O.CCCCC(C)=O.CCCCC(C)=O.CCCCC(C)=O.CCCCC(C)=O.CCCCC(C)=O.CCCCC(C)=O.CCCCC(C)=O. The average molecular weight is 885 g/mol. The van der Waals surface area contributed by atoms with Crippen molar-refractivity contribution >= 4 is 46.3 Å². The van der Waals surface area contributed by atoms with Crippen LogP contribution in [-0.2, 0) is 38.4 Å². The molecule has 0 atom stereocenters.